The van der Waals surface area contributed by atoms with Crippen LogP contribution < -0.4 is 21.9 Å². The van der Waals surface area contributed by atoms with Gasteiger partial charge in [0.2, 0.25) is 11.9 Å². The van der Waals surface area contributed by atoms with Gasteiger partial charge in [0.25, 0.3) is 5.56 Å². The van der Waals surface area contributed by atoms with E-state index < -0.39 is 11.2 Å². The zero-order valence-corrected chi connectivity index (χ0v) is 17.8. The van der Waals surface area contributed by atoms with Crippen LogP contribution in [0.25, 0.3) is 11.2 Å². The highest BCUT2D eigenvalue weighted by atomic mass is 16.2. The van der Waals surface area contributed by atoms with Gasteiger partial charge in [0.15, 0.2) is 11.2 Å². The van der Waals surface area contributed by atoms with E-state index in [1.54, 1.807) is 11.6 Å². The lowest BCUT2D eigenvalue weighted by Gasteiger charge is -2.13. The fourth-order valence-corrected chi connectivity index (χ4v) is 3.22. The van der Waals surface area contributed by atoms with Crippen molar-refractivity contribution in [3.8, 4) is 0 Å². The van der Waals surface area contributed by atoms with E-state index in [1.165, 1.54) is 11.6 Å². The van der Waals surface area contributed by atoms with Gasteiger partial charge < -0.3 is 10.6 Å². The second-order valence-corrected chi connectivity index (χ2v) is 7.41. The smallest absolute Gasteiger partial charge is 0.332 e. The third kappa shape index (κ3) is 4.14. The van der Waals surface area contributed by atoms with E-state index in [0.29, 0.717) is 36.7 Å². The molecule has 2 heterocycles. The predicted octanol–water partition coefficient (Wildman–Crippen LogP) is 1.06. The fourth-order valence-electron chi connectivity index (χ4n) is 3.22. The summed E-state index contributed by atoms with van der Waals surface area (Å²) >= 11 is 0. The van der Waals surface area contributed by atoms with Gasteiger partial charge in [0.1, 0.15) is 0 Å². The minimum atomic E-state index is -0.427. The standard InChI is InChI=1S/C21H28N6O3/c1-5-14(2)18(28)22-11-12-23-20-24-17-16(19(29)26(4)21(30)25(17)3)27(20)13-15-9-7-6-8-10-15/h6-10,14H,5,11-13H2,1-4H3,(H,22,28)(H,23,24). The Morgan fingerprint density at radius 3 is 2.47 bits per heavy atom. The highest BCUT2D eigenvalue weighted by Crippen LogP contribution is 2.17. The zero-order chi connectivity index (χ0) is 21.8. The molecule has 2 N–H and O–H groups in total. The highest BCUT2D eigenvalue weighted by molar-refractivity contribution is 5.78. The number of benzene rings is 1. The number of fused-ring (bicyclic) bond motifs is 1. The number of anilines is 1. The summed E-state index contributed by atoms with van der Waals surface area (Å²) in [4.78, 5) is 41.7. The van der Waals surface area contributed by atoms with Crippen molar-refractivity contribution in [2.45, 2.75) is 26.8 Å². The van der Waals surface area contributed by atoms with E-state index in [-0.39, 0.29) is 11.8 Å². The molecule has 9 heteroatoms. The number of hydrogen-bond donors (Lipinski definition) is 2. The van der Waals surface area contributed by atoms with Gasteiger partial charge in [-0.2, -0.15) is 4.98 Å². The van der Waals surface area contributed by atoms with Gasteiger partial charge in [-0.1, -0.05) is 44.2 Å². The van der Waals surface area contributed by atoms with Crippen molar-refractivity contribution in [2.75, 3.05) is 18.4 Å². The summed E-state index contributed by atoms with van der Waals surface area (Å²) in [5, 5.41) is 6.09. The Morgan fingerprint density at radius 1 is 1.10 bits per heavy atom. The van der Waals surface area contributed by atoms with Crippen LogP contribution in [-0.2, 0) is 25.4 Å². The Balaban J connectivity index is 1.94. The van der Waals surface area contributed by atoms with Gasteiger partial charge in [-0.15, -0.1) is 0 Å². The molecule has 0 saturated heterocycles. The summed E-state index contributed by atoms with van der Waals surface area (Å²) in [6.45, 7) is 5.15. The molecule has 1 unspecified atom stereocenters. The maximum atomic E-state index is 12.9. The normalized spacial score (nSPS) is 12.1. The number of carbonyl (C=O) groups is 1. The van der Waals surface area contributed by atoms with E-state index >= 15 is 0 Å². The number of nitrogens with zero attached hydrogens (tertiary/aromatic N) is 4. The minimum Gasteiger partial charge on any atom is -0.354 e. The van der Waals surface area contributed by atoms with Crippen LogP contribution >= 0.6 is 0 Å². The Morgan fingerprint density at radius 2 is 1.80 bits per heavy atom. The molecule has 3 aromatic rings. The molecule has 0 aliphatic rings. The largest absolute Gasteiger partial charge is 0.354 e. The van der Waals surface area contributed by atoms with E-state index in [4.69, 9.17) is 0 Å². The summed E-state index contributed by atoms with van der Waals surface area (Å²) in [6.07, 6.45) is 0.781. The molecule has 0 aliphatic heterocycles. The molecule has 0 spiro atoms. The quantitative estimate of drug-likeness (QED) is 0.539. The number of imidazole rings is 1. The van der Waals surface area contributed by atoms with E-state index in [9.17, 15) is 14.4 Å². The molecular formula is C21H28N6O3. The SMILES string of the molecule is CCC(C)C(=O)NCCNc1nc2c(c(=O)n(C)c(=O)n2C)n1Cc1ccccc1. The molecule has 3 rings (SSSR count). The van der Waals surface area contributed by atoms with Crippen LogP contribution in [0.1, 0.15) is 25.8 Å². The second-order valence-electron chi connectivity index (χ2n) is 7.41. The number of aromatic nitrogens is 4. The average molecular weight is 412 g/mol. The molecule has 160 valence electrons. The molecule has 0 radical (unpaired) electrons. The first-order chi connectivity index (χ1) is 14.3. The van der Waals surface area contributed by atoms with Crippen molar-refractivity contribution in [3.63, 3.8) is 0 Å². The van der Waals surface area contributed by atoms with Gasteiger partial charge in [-0.05, 0) is 12.0 Å². The van der Waals surface area contributed by atoms with Gasteiger partial charge in [0, 0.05) is 33.1 Å². The Kier molecular flexibility index (Phi) is 6.39. The van der Waals surface area contributed by atoms with Gasteiger partial charge in [-0.3, -0.25) is 23.3 Å². The number of nitrogens with one attached hydrogen (secondary N) is 2. The molecule has 1 aromatic carbocycles. The van der Waals surface area contributed by atoms with Crippen molar-refractivity contribution in [1.82, 2.24) is 24.0 Å². The van der Waals surface area contributed by atoms with Crippen LogP contribution in [0.15, 0.2) is 39.9 Å². The summed E-state index contributed by atoms with van der Waals surface area (Å²) in [6, 6.07) is 9.72. The number of rotatable bonds is 8. The Hall–Kier alpha value is -3.36. The van der Waals surface area contributed by atoms with Crippen molar-refractivity contribution in [2.24, 2.45) is 20.0 Å². The van der Waals surface area contributed by atoms with Crippen LogP contribution in [-0.4, -0.2) is 37.7 Å². The first-order valence-electron chi connectivity index (χ1n) is 10.1. The van der Waals surface area contributed by atoms with Crippen LogP contribution in [0, 0.1) is 5.92 Å². The van der Waals surface area contributed by atoms with E-state index in [0.717, 1.165) is 16.6 Å². The van der Waals surface area contributed by atoms with Crippen molar-refractivity contribution in [3.05, 3.63) is 56.7 Å². The summed E-state index contributed by atoms with van der Waals surface area (Å²) in [5.74, 6) is 0.448. The first kappa shape index (κ1) is 21.4. The third-order valence-electron chi connectivity index (χ3n) is 5.30. The van der Waals surface area contributed by atoms with Crippen LogP contribution in [0.5, 0.6) is 0 Å². The predicted molar refractivity (Wildman–Crippen MR) is 117 cm³/mol. The maximum absolute atomic E-state index is 12.9. The lowest BCUT2D eigenvalue weighted by molar-refractivity contribution is -0.124. The van der Waals surface area contributed by atoms with Gasteiger partial charge >= 0.3 is 5.69 Å². The zero-order valence-electron chi connectivity index (χ0n) is 17.8. The second kappa shape index (κ2) is 8.98. The van der Waals surface area contributed by atoms with Crippen LogP contribution in [0.4, 0.5) is 5.95 Å². The molecular weight excluding hydrogens is 384 g/mol. The van der Waals surface area contributed by atoms with Gasteiger partial charge in [-0.25, -0.2) is 4.79 Å². The van der Waals surface area contributed by atoms with Crippen molar-refractivity contribution < 1.29 is 4.79 Å². The fraction of sp³-hybridized carbons (Fsp3) is 0.429. The van der Waals surface area contributed by atoms with Gasteiger partial charge in [0.05, 0.1) is 6.54 Å². The van der Waals surface area contributed by atoms with Crippen molar-refractivity contribution >= 4 is 23.0 Å². The number of hydrogen-bond acceptors (Lipinski definition) is 5. The number of carbonyl (C=O) groups excluding carboxylic acids is 1. The van der Waals surface area contributed by atoms with Crippen LogP contribution in [0.3, 0.4) is 0 Å². The van der Waals surface area contributed by atoms with E-state index in [2.05, 4.69) is 15.6 Å². The molecule has 0 bridgehead atoms. The molecule has 30 heavy (non-hydrogen) atoms. The topological polar surface area (TPSA) is 103 Å². The molecule has 1 atom stereocenters. The Labute approximate surface area is 174 Å². The highest BCUT2D eigenvalue weighted by Gasteiger charge is 2.19. The minimum absolute atomic E-state index is 0.00774. The van der Waals surface area contributed by atoms with Crippen LogP contribution in [0.2, 0.25) is 0 Å². The van der Waals surface area contributed by atoms with Crippen molar-refractivity contribution in [1.29, 1.82) is 0 Å². The number of amides is 1. The lowest BCUT2D eigenvalue weighted by Crippen LogP contribution is -2.37. The molecule has 2 aromatic heterocycles. The summed E-state index contributed by atoms with van der Waals surface area (Å²) in [5.41, 5.74) is 0.861. The average Bonchev–Trinajstić information content (AvgIpc) is 3.11. The Bertz CT molecular complexity index is 1160. The third-order valence-corrected chi connectivity index (χ3v) is 5.30. The molecule has 1 amide bonds. The molecule has 0 fully saturated rings. The number of aryl methyl sites for hydroxylation is 1. The molecule has 0 aliphatic carbocycles. The molecule has 0 saturated carbocycles. The monoisotopic (exact) mass is 412 g/mol. The maximum Gasteiger partial charge on any atom is 0.332 e. The summed E-state index contributed by atoms with van der Waals surface area (Å²) in [7, 11) is 3.06. The lowest BCUT2D eigenvalue weighted by atomic mass is 10.1. The summed E-state index contributed by atoms with van der Waals surface area (Å²) < 4.78 is 4.23. The van der Waals surface area contributed by atoms with E-state index in [1.807, 2.05) is 44.2 Å². The first-order valence-corrected chi connectivity index (χ1v) is 10.1. The molecule has 9 nitrogen and oxygen atoms in total.